The summed E-state index contributed by atoms with van der Waals surface area (Å²) in [5.74, 6) is 0.751. The Labute approximate surface area is 254 Å². The fraction of sp³-hybridized carbons (Fsp3) is 0.471. The van der Waals surface area contributed by atoms with Gasteiger partial charge in [-0.05, 0) is 84.6 Å². The van der Waals surface area contributed by atoms with Crippen molar-refractivity contribution in [2.24, 2.45) is 5.92 Å². The first-order valence-corrected chi connectivity index (χ1v) is 16.3. The van der Waals surface area contributed by atoms with Gasteiger partial charge in [-0.2, -0.15) is 22.0 Å². The van der Waals surface area contributed by atoms with Crippen LogP contribution in [0.2, 0.25) is 0 Å². The number of carbonyl (C=O) groups excluding carboxylic acids is 2. The van der Waals surface area contributed by atoms with Gasteiger partial charge in [0.25, 0.3) is 5.91 Å². The monoisotopic (exact) mass is 589 g/mol. The number of nitrogens with one attached hydrogen (secondary N) is 1. The summed E-state index contributed by atoms with van der Waals surface area (Å²) in [6.45, 7) is 2.44. The fourth-order valence-electron chi connectivity index (χ4n) is 5.74. The van der Waals surface area contributed by atoms with Crippen LogP contribution in [0.5, 0.6) is 0 Å². The Bertz CT molecular complexity index is 1300. The average molecular weight is 590 g/mol. The number of nitrogens with zero attached hydrogens (tertiary/aromatic N) is 2. The van der Waals surface area contributed by atoms with Gasteiger partial charge in [0.1, 0.15) is 6.04 Å². The lowest BCUT2D eigenvalue weighted by Gasteiger charge is -2.25. The number of hydrogen-bond acceptors (Lipinski definition) is 7. The summed E-state index contributed by atoms with van der Waals surface area (Å²) < 4.78 is 11.5. The first-order chi connectivity index (χ1) is 20.5. The molecule has 1 aromatic heterocycles. The van der Waals surface area contributed by atoms with Gasteiger partial charge in [0.05, 0.1) is 26.0 Å². The van der Waals surface area contributed by atoms with E-state index in [0.29, 0.717) is 18.6 Å². The summed E-state index contributed by atoms with van der Waals surface area (Å²) in [5.41, 5.74) is 5.36. The highest BCUT2D eigenvalue weighted by molar-refractivity contribution is 7.98. The highest BCUT2D eigenvalue weighted by Crippen LogP contribution is 2.33. The van der Waals surface area contributed by atoms with Crippen LogP contribution < -0.4 is 5.32 Å². The highest BCUT2D eigenvalue weighted by atomic mass is 32.2. The van der Waals surface area contributed by atoms with Gasteiger partial charge >= 0.3 is 5.97 Å². The predicted octanol–water partition coefficient (Wildman–Crippen LogP) is 7.09. The van der Waals surface area contributed by atoms with E-state index in [1.54, 1.807) is 24.2 Å². The number of benzene rings is 2. The molecule has 42 heavy (non-hydrogen) atoms. The van der Waals surface area contributed by atoms with Crippen molar-refractivity contribution < 1.29 is 19.1 Å². The highest BCUT2D eigenvalue weighted by Gasteiger charge is 2.24. The van der Waals surface area contributed by atoms with Gasteiger partial charge in [-0.15, -0.1) is 0 Å². The van der Waals surface area contributed by atoms with Crippen LogP contribution in [0.4, 0.5) is 0 Å². The zero-order chi connectivity index (χ0) is 29.7. The Morgan fingerprint density at radius 3 is 2.55 bits per heavy atom. The normalized spacial score (nSPS) is 15.1. The van der Waals surface area contributed by atoms with Crippen molar-refractivity contribution in [3.63, 3.8) is 0 Å². The largest absolute Gasteiger partial charge is 0.467 e. The third kappa shape index (κ3) is 8.88. The molecular weight excluding hydrogens is 546 g/mol. The number of ether oxygens (including phenoxy) is 2. The van der Waals surface area contributed by atoms with E-state index in [1.165, 1.54) is 39.2 Å². The Hall–Kier alpha value is -3.23. The Morgan fingerprint density at radius 2 is 1.83 bits per heavy atom. The molecule has 0 aliphatic heterocycles. The van der Waals surface area contributed by atoms with Gasteiger partial charge in [-0.25, -0.2) is 4.79 Å². The van der Waals surface area contributed by atoms with E-state index < -0.39 is 12.0 Å². The van der Waals surface area contributed by atoms with Crippen molar-refractivity contribution >= 4 is 23.6 Å². The smallest absolute Gasteiger partial charge is 0.328 e. The molecule has 1 heterocycles. The molecule has 2 aromatic carbocycles. The number of thioether (sulfide) groups is 1. The number of methoxy groups -OCH3 is 1. The third-order valence-electron chi connectivity index (χ3n) is 8.16. The lowest BCUT2D eigenvalue weighted by molar-refractivity contribution is -0.142. The lowest BCUT2D eigenvalue weighted by Crippen LogP contribution is -2.42. The van der Waals surface area contributed by atoms with E-state index in [-0.39, 0.29) is 12.0 Å². The van der Waals surface area contributed by atoms with Crippen LogP contribution in [-0.2, 0) is 20.9 Å². The quantitative estimate of drug-likeness (QED) is 0.201. The Kier molecular flexibility index (Phi) is 12.4. The van der Waals surface area contributed by atoms with Crippen molar-refractivity contribution in [1.29, 1.82) is 0 Å². The maximum Gasteiger partial charge on any atom is 0.328 e. The molecule has 8 heteroatoms. The summed E-state index contributed by atoms with van der Waals surface area (Å²) in [6, 6.07) is 15.1. The first-order valence-electron chi connectivity index (χ1n) is 14.9. The molecule has 1 aliphatic carbocycles. The molecule has 1 N–H and O–H groups in total. The molecule has 4 rings (SSSR count). The van der Waals surface area contributed by atoms with Crippen LogP contribution in [0.1, 0.15) is 84.5 Å². The SMILES string of the molecule is COC(=O)[C@H](CCSC)NC(=O)c1ccc(COC(CCC2CCCCC2)c2ccnnc2)cc1-c1ccccc1C. The first kappa shape index (κ1) is 31.7. The molecule has 224 valence electrons. The van der Waals surface area contributed by atoms with Crippen LogP contribution >= 0.6 is 11.8 Å². The van der Waals surface area contributed by atoms with Crippen LogP contribution in [0.3, 0.4) is 0 Å². The summed E-state index contributed by atoms with van der Waals surface area (Å²) >= 11 is 1.62. The maximum atomic E-state index is 13.6. The number of hydrogen-bond donors (Lipinski definition) is 1. The molecule has 1 saturated carbocycles. The van der Waals surface area contributed by atoms with Crippen LogP contribution in [0.15, 0.2) is 60.9 Å². The van der Waals surface area contributed by atoms with Crippen molar-refractivity contribution in [2.75, 3.05) is 19.1 Å². The van der Waals surface area contributed by atoms with E-state index in [0.717, 1.165) is 52.3 Å². The van der Waals surface area contributed by atoms with Crippen LogP contribution in [-0.4, -0.2) is 47.2 Å². The minimum atomic E-state index is -0.707. The molecule has 1 unspecified atom stereocenters. The Balaban J connectivity index is 1.56. The molecule has 7 nitrogen and oxygen atoms in total. The van der Waals surface area contributed by atoms with E-state index in [9.17, 15) is 9.59 Å². The molecule has 0 saturated heterocycles. The van der Waals surface area contributed by atoms with Gasteiger partial charge in [-0.3, -0.25) is 4.79 Å². The summed E-state index contributed by atoms with van der Waals surface area (Å²) in [6.07, 6.45) is 14.6. The van der Waals surface area contributed by atoms with Crippen LogP contribution in [0.25, 0.3) is 11.1 Å². The maximum absolute atomic E-state index is 13.6. The minimum absolute atomic E-state index is 0.0791. The number of rotatable bonds is 14. The van der Waals surface area contributed by atoms with Crippen molar-refractivity contribution in [3.8, 4) is 11.1 Å². The molecule has 1 aliphatic rings. The van der Waals surface area contributed by atoms with Gasteiger partial charge in [-0.1, -0.05) is 62.4 Å². The summed E-state index contributed by atoms with van der Waals surface area (Å²) in [7, 11) is 1.35. The zero-order valence-corrected chi connectivity index (χ0v) is 25.8. The van der Waals surface area contributed by atoms with E-state index in [4.69, 9.17) is 9.47 Å². The van der Waals surface area contributed by atoms with Gasteiger partial charge in [0, 0.05) is 17.3 Å². The number of esters is 1. The second kappa shape index (κ2) is 16.4. The van der Waals surface area contributed by atoms with Gasteiger partial charge in [0.15, 0.2) is 0 Å². The second-order valence-corrected chi connectivity index (χ2v) is 12.1. The Morgan fingerprint density at radius 1 is 1.02 bits per heavy atom. The third-order valence-corrected chi connectivity index (χ3v) is 8.80. The number of aryl methyl sites for hydroxylation is 1. The van der Waals surface area contributed by atoms with Crippen LogP contribution in [0, 0.1) is 12.8 Å². The predicted molar refractivity (Wildman–Crippen MR) is 168 cm³/mol. The molecule has 2 atom stereocenters. The molecule has 1 amide bonds. The number of carbonyl (C=O) groups is 2. The number of aromatic nitrogens is 2. The lowest BCUT2D eigenvalue weighted by atomic mass is 9.85. The molecule has 0 spiro atoms. The van der Waals surface area contributed by atoms with Crippen molar-refractivity contribution in [1.82, 2.24) is 15.5 Å². The standard InChI is InChI=1S/C34H43N3O4S/c1-24-9-7-8-12-28(24)30-21-26(13-15-29(30)33(38)37-31(18-20-42-3)34(39)40-2)23-41-32(27-17-19-35-36-22-27)16-14-25-10-5-4-6-11-25/h7-9,12-13,15,17,19,21-22,25,31-32H,4-6,10-11,14,16,18,20,23H2,1-3H3,(H,37,38)/t31-,32?/m0/s1. The minimum Gasteiger partial charge on any atom is -0.467 e. The van der Waals surface area contributed by atoms with Gasteiger partial charge < -0.3 is 14.8 Å². The molecule has 0 bridgehead atoms. The number of amides is 1. The van der Waals surface area contributed by atoms with Gasteiger partial charge in [0.2, 0.25) is 0 Å². The second-order valence-electron chi connectivity index (χ2n) is 11.1. The van der Waals surface area contributed by atoms with E-state index >= 15 is 0 Å². The van der Waals surface area contributed by atoms with E-state index in [1.807, 2.05) is 61.7 Å². The zero-order valence-electron chi connectivity index (χ0n) is 25.0. The van der Waals surface area contributed by atoms with E-state index in [2.05, 4.69) is 15.5 Å². The molecule has 0 radical (unpaired) electrons. The molecule has 1 fully saturated rings. The summed E-state index contributed by atoms with van der Waals surface area (Å²) in [5, 5.41) is 11.0. The molecule has 3 aromatic rings. The molecular formula is C34H43N3O4S. The van der Waals surface area contributed by atoms with Crippen molar-refractivity contribution in [3.05, 3.63) is 83.2 Å². The van der Waals surface area contributed by atoms with Crippen molar-refractivity contribution in [2.45, 2.75) is 77.0 Å². The fourth-order valence-corrected chi connectivity index (χ4v) is 6.21. The average Bonchev–Trinajstić information content (AvgIpc) is 3.03. The topological polar surface area (TPSA) is 90.4 Å². The summed E-state index contributed by atoms with van der Waals surface area (Å²) in [4.78, 5) is 26.0.